The number of carbonyl (C=O) groups is 1. The van der Waals surface area contributed by atoms with Gasteiger partial charge in [-0.1, -0.05) is 42.3 Å². The highest BCUT2D eigenvalue weighted by atomic mass is 35.5. The van der Waals surface area contributed by atoms with Crippen LogP contribution in [0.4, 0.5) is 0 Å². The van der Waals surface area contributed by atoms with E-state index in [2.05, 4.69) is 22.1 Å². The van der Waals surface area contributed by atoms with Crippen LogP contribution in [0, 0.1) is 5.92 Å². The Balaban J connectivity index is 1.50. The number of fused-ring (bicyclic) bond motifs is 1. The van der Waals surface area contributed by atoms with Gasteiger partial charge in [0, 0.05) is 30.6 Å². The maximum Gasteiger partial charge on any atom is 0.234 e. The lowest BCUT2D eigenvalue weighted by Crippen LogP contribution is -2.42. The molecule has 2 unspecified atom stereocenters. The van der Waals surface area contributed by atoms with Crippen molar-refractivity contribution in [2.45, 2.75) is 32.7 Å². The fourth-order valence-electron chi connectivity index (χ4n) is 4.18. The number of benzene rings is 1. The third-order valence-electron chi connectivity index (χ3n) is 6.09. The molecule has 0 saturated heterocycles. The third-order valence-corrected chi connectivity index (χ3v) is 6.80. The van der Waals surface area contributed by atoms with Crippen LogP contribution in [0.25, 0.3) is 17.1 Å². The van der Waals surface area contributed by atoms with E-state index in [9.17, 15) is 4.79 Å². The maximum absolute atomic E-state index is 12.8. The molecule has 0 spiro atoms. The summed E-state index contributed by atoms with van der Waals surface area (Å²) >= 11 is 12.8. The molecule has 0 N–H and O–H groups in total. The van der Waals surface area contributed by atoms with E-state index in [0.29, 0.717) is 34.6 Å². The minimum Gasteiger partial charge on any atom is -0.277 e. The number of pyridine rings is 1. The van der Waals surface area contributed by atoms with E-state index in [1.165, 1.54) is 4.90 Å². The van der Waals surface area contributed by atoms with E-state index in [4.69, 9.17) is 28.2 Å². The van der Waals surface area contributed by atoms with Gasteiger partial charge in [-0.3, -0.25) is 24.2 Å². The van der Waals surface area contributed by atoms with Crippen molar-refractivity contribution in [3.8, 4) is 17.1 Å². The van der Waals surface area contributed by atoms with Crippen molar-refractivity contribution in [2.24, 2.45) is 10.9 Å². The molecule has 0 aliphatic carbocycles. The van der Waals surface area contributed by atoms with Crippen molar-refractivity contribution in [1.29, 1.82) is 0 Å². The van der Waals surface area contributed by atoms with E-state index in [1.807, 2.05) is 54.0 Å². The number of carbonyl (C=O) groups excluding carboxylic acids is 1. The number of amidine groups is 1. The summed E-state index contributed by atoms with van der Waals surface area (Å²) in [5.74, 6) is 2.07. The zero-order valence-electron chi connectivity index (χ0n) is 18.7. The van der Waals surface area contributed by atoms with E-state index in [1.54, 1.807) is 18.6 Å². The second kappa shape index (κ2) is 9.16. The summed E-state index contributed by atoms with van der Waals surface area (Å²) in [7, 11) is 0. The zero-order chi connectivity index (χ0) is 23.8. The highest BCUT2D eigenvalue weighted by Crippen LogP contribution is 2.31. The van der Waals surface area contributed by atoms with Crippen LogP contribution in [0.15, 0.2) is 76.7 Å². The molecule has 2 aliphatic heterocycles. The Kier molecular flexibility index (Phi) is 6.06. The van der Waals surface area contributed by atoms with Crippen LogP contribution >= 0.6 is 23.2 Å². The summed E-state index contributed by atoms with van der Waals surface area (Å²) in [6.45, 7) is 3.99. The van der Waals surface area contributed by atoms with Gasteiger partial charge >= 0.3 is 0 Å². The SMILES string of the molecule is CC1=CC2=NC(C(C)Cc3nnc(-c4ccncc4)n3-c3ccccc3Cl)CC(=O)N2C=C1Cl. The average molecular weight is 493 g/mol. The van der Waals surface area contributed by atoms with Crippen LogP contribution in [-0.2, 0) is 11.2 Å². The molecule has 1 amide bonds. The largest absolute Gasteiger partial charge is 0.277 e. The van der Waals surface area contributed by atoms with Gasteiger partial charge < -0.3 is 0 Å². The summed E-state index contributed by atoms with van der Waals surface area (Å²) in [6.07, 6.45) is 7.81. The Morgan fingerprint density at radius 2 is 1.88 bits per heavy atom. The second-order valence-electron chi connectivity index (χ2n) is 8.47. The number of amides is 1. The summed E-state index contributed by atoms with van der Waals surface area (Å²) in [5, 5.41) is 10.2. The number of hydrogen-bond donors (Lipinski definition) is 0. The number of nitrogens with zero attached hydrogens (tertiary/aromatic N) is 6. The van der Waals surface area contributed by atoms with Gasteiger partial charge in [0.1, 0.15) is 11.7 Å². The van der Waals surface area contributed by atoms with Gasteiger partial charge in [-0.15, -0.1) is 10.2 Å². The number of halogens is 2. The van der Waals surface area contributed by atoms with Gasteiger partial charge in [0.2, 0.25) is 5.91 Å². The van der Waals surface area contributed by atoms with E-state index < -0.39 is 0 Å². The minimum atomic E-state index is -0.186. The number of aromatic nitrogens is 4. The first kappa shape index (κ1) is 22.5. The maximum atomic E-state index is 12.8. The molecule has 2 aliphatic rings. The van der Waals surface area contributed by atoms with Gasteiger partial charge in [0.15, 0.2) is 5.82 Å². The Labute approximate surface area is 207 Å². The molecular weight excluding hydrogens is 471 g/mol. The van der Waals surface area contributed by atoms with Crippen LogP contribution in [0.2, 0.25) is 5.02 Å². The first-order valence-corrected chi connectivity index (χ1v) is 11.7. The molecule has 0 bridgehead atoms. The van der Waals surface area contributed by atoms with E-state index >= 15 is 0 Å². The van der Waals surface area contributed by atoms with Crippen molar-refractivity contribution in [3.63, 3.8) is 0 Å². The predicted molar refractivity (Wildman–Crippen MR) is 133 cm³/mol. The lowest BCUT2D eigenvalue weighted by molar-refractivity contribution is -0.126. The Bertz CT molecular complexity index is 1340. The molecule has 0 radical (unpaired) electrons. The fraction of sp³-hybridized carbons (Fsp3) is 0.240. The molecule has 2 atom stereocenters. The fourth-order valence-corrected chi connectivity index (χ4v) is 4.55. The third kappa shape index (κ3) is 4.17. The number of aliphatic imine (C=N–C) groups is 1. The quantitative estimate of drug-likeness (QED) is 0.490. The molecule has 4 heterocycles. The summed E-state index contributed by atoms with van der Waals surface area (Å²) in [4.78, 5) is 23.3. The van der Waals surface area contributed by atoms with Crippen LogP contribution in [0.1, 0.15) is 26.1 Å². The van der Waals surface area contributed by atoms with Crippen molar-refractivity contribution in [3.05, 3.63) is 82.5 Å². The van der Waals surface area contributed by atoms with Gasteiger partial charge in [-0.25, -0.2) is 0 Å². The smallest absolute Gasteiger partial charge is 0.234 e. The molecule has 172 valence electrons. The molecule has 7 nitrogen and oxygen atoms in total. The van der Waals surface area contributed by atoms with Crippen molar-refractivity contribution in [2.75, 3.05) is 0 Å². The Hall–Kier alpha value is -3.29. The lowest BCUT2D eigenvalue weighted by Gasteiger charge is -2.32. The van der Waals surface area contributed by atoms with Gasteiger partial charge in [-0.05, 0) is 48.8 Å². The summed E-state index contributed by atoms with van der Waals surface area (Å²) < 4.78 is 1.98. The molecule has 34 heavy (non-hydrogen) atoms. The average Bonchev–Trinajstić information content (AvgIpc) is 3.24. The van der Waals surface area contributed by atoms with Crippen LogP contribution in [0.3, 0.4) is 0 Å². The normalized spacial score (nSPS) is 18.7. The summed E-state index contributed by atoms with van der Waals surface area (Å²) in [5.41, 5.74) is 2.57. The highest BCUT2D eigenvalue weighted by molar-refractivity contribution is 6.33. The van der Waals surface area contributed by atoms with Crippen LogP contribution in [-0.4, -0.2) is 42.4 Å². The van der Waals surface area contributed by atoms with Crippen LogP contribution < -0.4 is 0 Å². The topological polar surface area (TPSA) is 76.3 Å². The van der Waals surface area contributed by atoms with Crippen molar-refractivity contribution in [1.82, 2.24) is 24.6 Å². The second-order valence-corrected chi connectivity index (χ2v) is 9.29. The number of para-hydroxylation sites is 1. The lowest BCUT2D eigenvalue weighted by atomic mass is 9.93. The molecule has 2 aromatic heterocycles. The molecule has 1 aromatic carbocycles. The molecular formula is C25H22Cl2N6O. The van der Waals surface area contributed by atoms with Crippen molar-refractivity contribution < 1.29 is 4.79 Å². The van der Waals surface area contributed by atoms with Crippen LogP contribution in [0.5, 0.6) is 0 Å². The van der Waals surface area contributed by atoms with Gasteiger partial charge in [-0.2, -0.15) is 0 Å². The first-order valence-electron chi connectivity index (χ1n) is 11.0. The monoisotopic (exact) mass is 492 g/mol. The number of allylic oxidation sites excluding steroid dienone is 2. The standard InChI is InChI=1S/C25H22Cl2N6O/c1-15-11-22-29-20(13-24(34)32(22)14-19(15)27)16(2)12-23-30-31-25(17-7-9-28-10-8-17)33(23)21-6-4-3-5-18(21)26/h3-11,14,16,20H,12-13H2,1-2H3. The first-order chi connectivity index (χ1) is 16.4. The summed E-state index contributed by atoms with van der Waals surface area (Å²) in [6, 6.07) is 11.2. The molecule has 3 aromatic rings. The number of hydrogen-bond acceptors (Lipinski definition) is 5. The predicted octanol–water partition coefficient (Wildman–Crippen LogP) is 5.20. The Morgan fingerprint density at radius 1 is 1.12 bits per heavy atom. The molecule has 5 rings (SSSR count). The molecule has 0 saturated carbocycles. The van der Waals surface area contributed by atoms with Crippen molar-refractivity contribution >= 4 is 34.9 Å². The number of rotatable bonds is 5. The molecule has 9 heteroatoms. The highest BCUT2D eigenvalue weighted by Gasteiger charge is 2.33. The van der Waals surface area contributed by atoms with E-state index in [0.717, 1.165) is 22.6 Å². The Morgan fingerprint density at radius 3 is 2.65 bits per heavy atom. The van der Waals surface area contributed by atoms with Gasteiger partial charge in [0.25, 0.3) is 0 Å². The van der Waals surface area contributed by atoms with Gasteiger partial charge in [0.05, 0.1) is 28.2 Å². The molecule has 0 fully saturated rings. The zero-order valence-corrected chi connectivity index (χ0v) is 20.2. The van der Waals surface area contributed by atoms with E-state index in [-0.39, 0.29) is 17.9 Å². The minimum absolute atomic E-state index is 0.0196.